The van der Waals surface area contributed by atoms with Crippen LogP contribution in [0.3, 0.4) is 0 Å². The van der Waals surface area contributed by atoms with Crippen molar-refractivity contribution in [2.75, 3.05) is 18.0 Å². The van der Waals surface area contributed by atoms with Gasteiger partial charge in [-0.1, -0.05) is 13.0 Å². The third-order valence-electron chi connectivity index (χ3n) is 3.53. The second kappa shape index (κ2) is 6.37. The molecule has 2 rings (SSSR count). The minimum Gasteiger partial charge on any atom is -0.356 e. The highest BCUT2D eigenvalue weighted by atomic mass is 19.4. The molecular formula is C15H17F3N2O2. The van der Waals surface area contributed by atoms with Gasteiger partial charge < -0.3 is 10.2 Å². The number of halogens is 3. The molecule has 1 saturated heterocycles. The predicted molar refractivity (Wildman–Crippen MR) is 75.2 cm³/mol. The minimum atomic E-state index is -4.46. The van der Waals surface area contributed by atoms with E-state index < -0.39 is 17.7 Å². The lowest BCUT2D eigenvalue weighted by atomic mass is 10.1. The Kier molecular flexibility index (Phi) is 4.73. The van der Waals surface area contributed by atoms with E-state index in [4.69, 9.17) is 0 Å². The van der Waals surface area contributed by atoms with Crippen LogP contribution in [0.15, 0.2) is 24.3 Å². The van der Waals surface area contributed by atoms with E-state index in [0.29, 0.717) is 6.54 Å². The number of benzene rings is 1. The molecule has 0 radical (unpaired) electrons. The quantitative estimate of drug-likeness (QED) is 0.928. The molecule has 7 heteroatoms. The predicted octanol–water partition coefficient (Wildman–Crippen LogP) is 2.58. The summed E-state index contributed by atoms with van der Waals surface area (Å²) in [6, 6.07) is 4.59. The van der Waals surface area contributed by atoms with Gasteiger partial charge in [0.1, 0.15) is 0 Å². The molecule has 1 heterocycles. The summed E-state index contributed by atoms with van der Waals surface area (Å²) in [5.74, 6) is -1.09. The SMILES string of the molecule is CCCNC(=O)C1CC(=O)N(c2cccc(C(F)(F)F)c2)C1. The minimum absolute atomic E-state index is 0.0196. The van der Waals surface area contributed by atoms with Gasteiger partial charge in [0.25, 0.3) is 0 Å². The molecule has 1 aromatic carbocycles. The number of nitrogens with one attached hydrogen (secondary N) is 1. The number of carbonyl (C=O) groups is 2. The van der Waals surface area contributed by atoms with Crippen molar-refractivity contribution in [1.82, 2.24) is 5.32 Å². The van der Waals surface area contributed by atoms with E-state index in [2.05, 4.69) is 5.32 Å². The molecule has 0 aliphatic carbocycles. The van der Waals surface area contributed by atoms with Crippen molar-refractivity contribution < 1.29 is 22.8 Å². The summed E-state index contributed by atoms with van der Waals surface area (Å²) in [5.41, 5.74) is -0.637. The molecule has 1 aromatic rings. The Morgan fingerprint density at radius 3 is 2.77 bits per heavy atom. The maximum Gasteiger partial charge on any atom is 0.416 e. The zero-order valence-corrected chi connectivity index (χ0v) is 12.1. The highest BCUT2D eigenvalue weighted by molar-refractivity contribution is 6.00. The Bertz CT molecular complexity index is 572. The number of carbonyl (C=O) groups excluding carboxylic acids is 2. The number of hydrogen-bond acceptors (Lipinski definition) is 2. The van der Waals surface area contributed by atoms with Crippen molar-refractivity contribution in [2.24, 2.45) is 5.92 Å². The summed E-state index contributed by atoms with van der Waals surface area (Å²) in [6.07, 6.45) is -3.66. The van der Waals surface area contributed by atoms with Gasteiger partial charge >= 0.3 is 6.18 Å². The van der Waals surface area contributed by atoms with Crippen LogP contribution in [-0.4, -0.2) is 24.9 Å². The highest BCUT2D eigenvalue weighted by Crippen LogP contribution is 2.33. The van der Waals surface area contributed by atoms with Gasteiger partial charge in [0.15, 0.2) is 0 Å². The topological polar surface area (TPSA) is 49.4 Å². The molecule has 1 unspecified atom stereocenters. The lowest BCUT2D eigenvalue weighted by molar-refractivity contribution is -0.137. The molecule has 120 valence electrons. The Balaban J connectivity index is 2.13. The van der Waals surface area contributed by atoms with Crippen molar-refractivity contribution in [3.63, 3.8) is 0 Å². The largest absolute Gasteiger partial charge is 0.416 e. The second-order valence-electron chi connectivity index (χ2n) is 5.24. The molecule has 1 aliphatic rings. The monoisotopic (exact) mass is 314 g/mol. The number of anilines is 1. The van der Waals surface area contributed by atoms with Gasteiger partial charge in [0.2, 0.25) is 11.8 Å². The van der Waals surface area contributed by atoms with Crippen molar-refractivity contribution in [1.29, 1.82) is 0 Å². The van der Waals surface area contributed by atoms with Crippen LogP contribution in [0.2, 0.25) is 0 Å². The lowest BCUT2D eigenvalue weighted by Crippen LogP contribution is -2.33. The first kappa shape index (κ1) is 16.3. The van der Waals surface area contributed by atoms with Crippen LogP contribution in [0.4, 0.5) is 18.9 Å². The van der Waals surface area contributed by atoms with E-state index in [1.807, 2.05) is 6.92 Å². The zero-order valence-electron chi connectivity index (χ0n) is 12.1. The van der Waals surface area contributed by atoms with Gasteiger partial charge in [-0.05, 0) is 24.6 Å². The van der Waals surface area contributed by atoms with Crippen LogP contribution >= 0.6 is 0 Å². The fourth-order valence-electron chi connectivity index (χ4n) is 2.38. The van der Waals surface area contributed by atoms with Crippen molar-refractivity contribution in [2.45, 2.75) is 25.9 Å². The summed E-state index contributed by atoms with van der Waals surface area (Å²) in [5, 5.41) is 2.70. The van der Waals surface area contributed by atoms with Gasteiger partial charge in [-0.2, -0.15) is 13.2 Å². The fraction of sp³-hybridized carbons (Fsp3) is 0.467. The van der Waals surface area contributed by atoms with Crippen LogP contribution in [0.25, 0.3) is 0 Å². The molecule has 0 saturated carbocycles. The molecule has 22 heavy (non-hydrogen) atoms. The summed E-state index contributed by atoms with van der Waals surface area (Å²) < 4.78 is 38.2. The molecule has 0 spiro atoms. The number of nitrogens with zero attached hydrogens (tertiary/aromatic N) is 1. The van der Waals surface area contributed by atoms with E-state index in [1.54, 1.807) is 0 Å². The van der Waals surface area contributed by atoms with Crippen molar-refractivity contribution >= 4 is 17.5 Å². The van der Waals surface area contributed by atoms with Crippen LogP contribution in [-0.2, 0) is 15.8 Å². The van der Waals surface area contributed by atoms with E-state index in [1.165, 1.54) is 17.0 Å². The third kappa shape index (κ3) is 3.58. The zero-order chi connectivity index (χ0) is 16.3. The van der Waals surface area contributed by atoms with Gasteiger partial charge in [-0.25, -0.2) is 0 Å². The summed E-state index contributed by atoms with van der Waals surface area (Å²) in [7, 11) is 0. The molecule has 0 aromatic heterocycles. The normalized spacial score (nSPS) is 18.6. The first-order valence-electron chi connectivity index (χ1n) is 7.08. The standard InChI is InChI=1S/C15H17F3N2O2/c1-2-6-19-14(22)10-7-13(21)20(9-10)12-5-3-4-11(8-12)15(16,17)18/h3-5,8,10H,2,6-7,9H2,1H3,(H,19,22). The second-order valence-corrected chi connectivity index (χ2v) is 5.24. The van der Waals surface area contributed by atoms with Crippen LogP contribution < -0.4 is 10.2 Å². The highest BCUT2D eigenvalue weighted by Gasteiger charge is 2.36. The maximum absolute atomic E-state index is 12.7. The number of alkyl halides is 3. The van der Waals surface area contributed by atoms with E-state index >= 15 is 0 Å². The number of rotatable bonds is 4. The molecule has 1 fully saturated rings. The summed E-state index contributed by atoms with van der Waals surface area (Å²) in [4.78, 5) is 25.1. The van der Waals surface area contributed by atoms with Gasteiger partial charge in [0.05, 0.1) is 11.5 Å². The van der Waals surface area contributed by atoms with Crippen molar-refractivity contribution in [3.8, 4) is 0 Å². The number of hydrogen-bond donors (Lipinski definition) is 1. The van der Waals surface area contributed by atoms with E-state index in [-0.39, 0.29) is 30.5 Å². The van der Waals surface area contributed by atoms with Gasteiger partial charge in [-0.15, -0.1) is 0 Å². The van der Waals surface area contributed by atoms with Gasteiger partial charge in [-0.3, -0.25) is 9.59 Å². The lowest BCUT2D eigenvalue weighted by Gasteiger charge is -2.18. The summed E-state index contributed by atoms with van der Waals surface area (Å²) >= 11 is 0. The first-order valence-corrected chi connectivity index (χ1v) is 7.08. The maximum atomic E-state index is 12.7. The molecule has 1 N–H and O–H groups in total. The smallest absolute Gasteiger partial charge is 0.356 e. The molecule has 4 nitrogen and oxygen atoms in total. The van der Waals surface area contributed by atoms with Crippen molar-refractivity contribution in [3.05, 3.63) is 29.8 Å². The van der Waals surface area contributed by atoms with Crippen LogP contribution in [0, 0.1) is 5.92 Å². The van der Waals surface area contributed by atoms with E-state index in [9.17, 15) is 22.8 Å². The first-order chi connectivity index (χ1) is 10.3. The molecular weight excluding hydrogens is 297 g/mol. The third-order valence-corrected chi connectivity index (χ3v) is 3.53. The van der Waals surface area contributed by atoms with Gasteiger partial charge in [0, 0.05) is 25.2 Å². The Morgan fingerprint density at radius 1 is 1.41 bits per heavy atom. The average molecular weight is 314 g/mol. The Hall–Kier alpha value is -2.05. The molecule has 1 aliphatic heterocycles. The Morgan fingerprint density at radius 2 is 2.14 bits per heavy atom. The average Bonchev–Trinajstić information content (AvgIpc) is 2.86. The van der Waals surface area contributed by atoms with E-state index in [0.717, 1.165) is 18.6 Å². The Labute approximate surface area is 126 Å². The van der Waals surface area contributed by atoms with Crippen LogP contribution in [0.1, 0.15) is 25.3 Å². The summed E-state index contributed by atoms with van der Waals surface area (Å²) in [6.45, 7) is 2.54. The van der Waals surface area contributed by atoms with Crippen LogP contribution in [0.5, 0.6) is 0 Å². The number of amides is 2. The molecule has 1 atom stereocenters. The molecule has 2 amide bonds. The fourth-order valence-corrected chi connectivity index (χ4v) is 2.38. The molecule has 0 bridgehead atoms.